The molecule has 0 radical (unpaired) electrons. The predicted molar refractivity (Wildman–Crippen MR) is 91.0 cm³/mol. The summed E-state index contributed by atoms with van der Waals surface area (Å²) in [5.41, 5.74) is 1.22. The van der Waals surface area contributed by atoms with Gasteiger partial charge in [-0.1, -0.05) is 43.1 Å². The van der Waals surface area contributed by atoms with Crippen molar-refractivity contribution in [2.45, 2.75) is 35.6 Å². The van der Waals surface area contributed by atoms with Gasteiger partial charge in [-0.15, -0.1) is 0 Å². The minimum absolute atomic E-state index is 0.321. The van der Waals surface area contributed by atoms with Gasteiger partial charge in [0.05, 0.1) is 10.0 Å². The topological polar surface area (TPSA) is 12.0 Å². The van der Waals surface area contributed by atoms with Gasteiger partial charge in [0.2, 0.25) is 0 Å². The number of hydrogen-bond donors (Lipinski definition) is 1. The normalized spacial score (nSPS) is 29.2. The van der Waals surface area contributed by atoms with Crippen molar-refractivity contribution in [2.75, 3.05) is 12.8 Å². The Morgan fingerprint density at radius 1 is 1.21 bits per heavy atom. The van der Waals surface area contributed by atoms with E-state index in [0.717, 1.165) is 5.25 Å². The van der Waals surface area contributed by atoms with Crippen molar-refractivity contribution in [3.63, 3.8) is 0 Å². The van der Waals surface area contributed by atoms with E-state index >= 15 is 0 Å². The lowest BCUT2D eigenvalue weighted by atomic mass is 10.0. The first kappa shape index (κ1) is 15.8. The third kappa shape index (κ3) is 3.76. The zero-order valence-electron chi connectivity index (χ0n) is 11.3. The fraction of sp³-hybridized carbons (Fsp3) is 0.571. The van der Waals surface area contributed by atoms with Crippen molar-refractivity contribution in [1.82, 2.24) is 5.32 Å². The van der Waals surface area contributed by atoms with Crippen molar-refractivity contribution in [3.05, 3.63) is 33.8 Å². The highest BCUT2D eigenvalue weighted by Gasteiger charge is 2.31. The van der Waals surface area contributed by atoms with E-state index in [0.29, 0.717) is 26.6 Å². The summed E-state index contributed by atoms with van der Waals surface area (Å²) in [4.78, 5) is 0. The molecule has 1 aliphatic rings. The Kier molecular flexibility index (Phi) is 5.79. The molecule has 1 fully saturated rings. The lowest BCUT2D eigenvalue weighted by molar-refractivity contribution is 0.588. The summed E-state index contributed by atoms with van der Waals surface area (Å²) in [6.45, 7) is 4.63. The van der Waals surface area contributed by atoms with Crippen molar-refractivity contribution in [1.29, 1.82) is 0 Å². The lowest BCUT2D eigenvalue weighted by Gasteiger charge is -2.36. The third-order valence-corrected chi connectivity index (χ3v) is 7.79. The van der Waals surface area contributed by atoms with Crippen LogP contribution in [-0.4, -0.2) is 28.6 Å². The molecule has 4 atom stereocenters. The highest BCUT2D eigenvalue weighted by atomic mass is 35.5. The van der Waals surface area contributed by atoms with E-state index in [-0.39, 0.29) is 0 Å². The van der Waals surface area contributed by atoms with Gasteiger partial charge in [0.1, 0.15) is 0 Å². The number of hydrogen-bond acceptors (Lipinski definition) is 3. The Morgan fingerprint density at radius 2 is 1.95 bits per heavy atom. The number of thioether (sulfide) groups is 2. The van der Waals surface area contributed by atoms with Gasteiger partial charge in [-0.05, 0) is 24.7 Å². The minimum Gasteiger partial charge on any atom is -0.312 e. The van der Waals surface area contributed by atoms with Gasteiger partial charge in [-0.3, -0.25) is 0 Å². The summed E-state index contributed by atoms with van der Waals surface area (Å²) in [7, 11) is 2.01. The Bertz CT molecular complexity index is 441. The molecule has 1 aromatic carbocycles. The molecular formula is C14H19Cl2NS2. The van der Waals surface area contributed by atoms with Gasteiger partial charge < -0.3 is 5.32 Å². The van der Waals surface area contributed by atoms with Crippen LogP contribution in [0.1, 0.15) is 25.5 Å². The summed E-state index contributed by atoms with van der Waals surface area (Å²) >= 11 is 16.3. The van der Waals surface area contributed by atoms with E-state index in [4.69, 9.17) is 23.2 Å². The van der Waals surface area contributed by atoms with Crippen LogP contribution in [0.15, 0.2) is 18.2 Å². The molecular weight excluding hydrogens is 317 g/mol. The molecule has 1 saturated heterocycles. The fourth-order valence-electron chi connectivity index (χ4n) is 2.26. The van der Waals surface area contributed by atoms with Crippen LogP contribution in [0.25, 0.3) is 0 Å². The van der Waals surface area contributed by atoms with E-state index in [1.165, 1.54) is 11.3 Å². The van der Waals surface area contributed by atoms with E-state index < -0.39 is 0 Å². The first-order valence-electron chi connectivity index (χ1n) is 6.42. The minimum atomic E-state index is 0.321. The Labute approximate surface area is 134 Å². The molecule has 0 bridgehead atoms. The van der Waals surface area contributed by atoms with Crippen molar-refractivity contribution >= 4 is 46.7 Å². The maximum atomic E-state index is 6.13. The SMILES string of the molecule is CNC(c1ccc(Cl)c(Cl)c1)C1CSC(C)C(C)S1. The smallest absolute Gasteiger partial charge is 0.0595 e. The van der Waals surface area contributed by atoms with Crippen molar-refractivity contribution in [3.8, 4) is 0 Å². The molecule has 0 aliphatic carbocycles. The molecule has 5 heteroatoms. The summed E-state index contributed by atoms with van der Waals surface area (Å²) in [6.07, 6.45) is 0. The number of halogens is 2. The van der Waals surface area contributed by atoms with Crippen LogP contribution in [0.3, 0.4) is 0 Å². The van der Waals surface area contributed by atoms with Crippen LogP contribution < -0.4 is 5.32 Å². The second-order valence-electron chi connectivity index (χ2n) is 4.86. The first-order valence-corrected chi connectivity index (χ1v) is 9.17. The molecule has 0 aromatic heterocycles. The zero-order chi connectivity index (χ0) is 14.0. The number of benzene rings is 1. The van der Waals surface area contributed by atoms with Gasteiger partial charge in [0.25, 0.3) is 0 Å². The Balaban J connectivity index is 2.17. The molecule has 0 spiro atoms. The number of nitrogens with one attached hydrogen (secondary N) is 1. The fourth-order valence-corrected chi connectivity index (χ4v) is 5.72. The second-order valence-corrected chi connectivity index (χ2v) is 8.70. The Morgan fingerprint density at radius 3 is 2.53 bits per heavy atom. The molecule has 106 valence electrons. The van der Waals surface area contributed by atoms with Gasteiger partial charge in [0.15, 0.2) is 0 Å². The average molecular weight is 336 g/mol. The van der Waals surface area contributed by atoms with E-state index in [9.17, 15) is 0 Å². The number of rotatable bonds is 3. The van der Waals surface area contributed by atoms with Crippen LogP contribution in [0.2, 0.25) is 10.0 Å². The van der Waals surface area contributed by atoms with Crippen molar-refractivity contribution in [2.24, 2.45) is 0 Å². The molecule has 1 aromatic rings. The monoisotopic (exact) mass is 335 g/mol. The Hall–Kier alpha value is 0.460. The van der Waals surface area contributed by atoms with Crippen LogP contribution in [0.4, 0.5) is 0 Å². The highest BCUT2D eigenvalue weighted by molar-refractivity contribution is 8.07. The molecule has 0 saturated carbocycles. The maximum Gasteiger partial charge on any atom is 0.0595 e. The van der Waals surface area contributed by atoms with E-state index in [2.05, 4.69) is 48.8 Å². The third-order valence-electron chi connectivity index (χ3n) is 3.56. The largest absolute Gasteiger partial charge is 0.312 e. The molecule has 4 unspecified atom stereocenters. The van der Waals surface area contributed by atoms with Crippen LogP contribution in [0.5, 0.6) is 0 Å². The lowest BCUT2D eigenvalue weighted by Crippen LogP contribution is -2.35. The van der Waals surface area contributed by atoms with Gasteiger partial charge >= 0.3 is 0 Å². The molecule has 1 aliphatic heterocycles. The first-order chi connectivity index (χ1) is 9.02. The van der Waals surface area contributed by atoms with Crippen LogP contribution in [0, 0.1) is 0 Å². The van der Waals surface area contributed by atoms with E-state index in [1.807, 2.05) is 19.2 Å². The molecule has 19 heavy (non-hydrogen) atoms. The van der Waals surface area contributed by atoms with Gasteiger partial charge in [-0.25, -0.2) is 0 Å². The summed E-state index contributed by atoms with van der Waals surface area (Å²) < 4.78 is 0. The van der Waals surface area contributed by atoms with Gasteiger partial charge in [0, 0.05) is 27.5 Å². The van der Waals surface area contributed by atoms with Crippen LogP contribution in [-0.2, 0) is 0 Å². The summed E-state index contributed by atoms with van der Waals surface area (Å²) in [5, 5.41) is 6.67. The molecule has 1 N–H and O–H groups in total. The summed E-state index contributed by atoms with van der Waals surface area (Å²) in [6, 6.07) is 6.26. The van der Waals surface area contributed by atoms with Crippen molar-refractivity contribution < 1.29 is 0 Å². The molecule has 1 heterocycles. The predicted octanol–water partition coefficient (Wildman–Crippen LogP) is 4.88. The quantitative estimate of drug-likeness (QED) is 0.845. The molecule has 1 nitrogen and oxygen atoms in total. The average Bonchev–Trinajstić information content (AvgIpc) is 2.39. The maximum absolute atomic E-state index is 6.13. The summed E-state index contributed by atoms with van der Waals surface area (Å²) in [5.74, 6) is 1.17. The van der Waals surface area contributed by atoms with E-state index in [1.54, 1.807) is 0 Å². The van der Waals surface area contributed by atoms with Crippen LogP contribution >= 0.6 is 46.7 Å². The van der Waals surface area contributed by atoms with Gasteiger partial charge in [-0.2, -0.15) is 23.5 Å². The molecule has 0 amide bonds. The highest BCUT2D eigenvalue weighted by Crippen LogP contribution is 2.41. The standard InChI is InChI=1S/C14H19Cl2NS2/c1-8-9(2)19-13(7-18-8)14(17-3)10-4-5-11(15)12(16)6-10/h4-6,8-9,13-14,17H,7H2,1-3H3. The second kappa shape index (κ2) is 6.95. The molecule has 2 rings (SSSR count). The zero-order valence-corrected chi connectivity index (χ0v) is 14.5.